The molecule has 0 unspecified atom stereocenters. The Morgan fingerprint density at radius 2 is 0.870 bits per heavy atom. The Bertz CT molecular complexity index is 832. The summed E-state index contributed by atoms with van der Waals surface area (Å²) >= 11 is 0. The number of rotatable bonds is 41. The number of allylic oxidation sites excluding steroid dienone is 8. The summed E-state index contributed by atoms with van der Waals surface area (Å²) in [4.78, 5) is 17.5. The minimum atomic E-state index is -0.471. The smallest absolute Gasteiger partial charge is 0.433 e. The van der Waals surface area contributed by atoms with Crippen LogP contribution >= 0.6 is 0 Å². The number of carbonyl (C=O) groups is 1. The maximum Gasteiger partial charge on any atom is 0.508 e. The van der Waals surface area contributed by atoms with Gasteiger partial charge >= 0.3 is 6.16 Å². The predicted molar refractivity (Wildman–Crippen MR) is 239 cm³/mol. The molecule has 0 fully saturated rings. The van der Waals surface area contributed by atoms with E-state index in [2.05, 4.69) is 93.3 Å². The van der Waals surface area contributed by atoms with Crippen LogP contribution in [0.5, 0.6) is 0 Å². The minimum Gasteiger partial charge on any atom is -0.433 e. The maximum absolute atomic E-state index is 12.8. The van der Waals surface area contributed by atoms with Gasteiger partial charge in [0.25, 0.3) is 0 Å². The molecule has 0 bridgehead atoms. The normalized spacial score (nSPS) is 12.4. The summed E-state index contributed by atoms with van der Waals surface area (Å²) in [7, 11) is 4.23. The van der Waals surface area contributed by atoms with E-state index in [0.29, 0.717) is 6.61 Å². The third-order valence-electron chi connectivity index (χ3n) is 10.3. The standard InChI is InChI=1S/C49H92N2O3/c1-6-9-12-14-16-18-20-22-24-26-28-30-32-34-36-38-41-48(54-49(52)53-47-46-51(43-40-11-8-3)45-44-50(4)5)42-39-37-35-33-31-29-27-25-23-21-19-17-15-13-10-7-2/h16-19,22-25,48H,6-15,20-21,26-47H2,1-5H3/b18-16-,19-17-,24-22-,25-23-. The Kier molecular flexibility index (Phi) is 42.4. The Morgan fingerprint density at radius 1 is 0.463 bits per heavy atom. The predicted octanol–water partition coefficient (Wildman–Crippen LogP) is 15.0. The topological polar surface area (TPSA) is 42.0 Å². The van der Waals surface area contributed by atoms with Gasteiger partial charge in [0, 0.05) is 19.6 Å². The second-order valence-corrected chi connectivity index (χ2v) is 15.9. The molecule has 0 amide bonds. The zero-order chi connectivity index (χ0) is 39.4. The summed E-state index contributed by atoms with van der Waals surface area (Å²) in [6.07, 6.45) is 53.7. The van der Waals surface area contributed by atoms with Gasteiger partial charge < -0.3 is 14.4 Å². The lowest BCUT2D eigenvalue weighted by molar-refractivity contribution is 0.0117. The van der Waals surface area contributed by atoms with Crippen LogP contribution in [0.1, 0.15) is 207 Å². The first kappa shape index (κ1) is 52.2. The molecule has 5 nitrogen and oxygen atoms in total. The molecule has 0 spiro atoms. The van der Waals surface area contributed by atoms with Crippen LogP contribution in [0, 0.1) is 0 Å². The van der Waals surface area contributed by atoms with Crippen LogP contribution in [0.25, 0.3) is 0 Å². The fourth-order valence-electron chi connectivity index (χ4n) is 6.67. The van der Waals surface area contributed by atoms with Crippen LogP contribution < -0.4 is 0 Å². The second kappa shape index (κ2) is 43.9. The highest BCUT2D eigenvalue weighted by Crippen LogP contribution is 2.18. The largest absolute Gasteiger partial charge is 0.508 e. The van der Waals surface area contributed by atoms with E-state index >= 15 is 0 Å². The lowest BCUT2D eigenvalue weighted by Gasteiger charge is -2.24. The molecule has 0 aliphatic carbocycles. The van der Waals surface area contributed by atoms with Crippen LogP contribution in [0.15, 0.2) is 48.6 Å². The van der Waals surface area contributed by atoms with Gasteiger partial charge in [0.05, 0.1) is 0 Å². The van der Waals surface area contributed by atoms with Crippen molar-refractivity contribution < 1.29 is 14.3 Å². The SMILES string of the molecule is CCCCC/C=C\C/C=C\CCCCCCCCC(CCCCCCCC/C=C\C/C=C\CCCCC)OC(=O)OCCN(CCCCC)CCN(C)C. The maximum atomic E-state index is 12.8. The van der Waals surface area contributed by atoms with Crippen molar-refractivity contribution >= 4 is 6.16 Å². The molecule has 0 saturated carbocycles. The number of unbranched alkanes of at least 4 members (excludes halogenated alkanes) is 20. The molecule has 0 N–H and O–H groups in total. The van der Waals surface area contributed by atoms with Gasteiger partial charge in [-0.15, -0.1) is 0 Å². The quantitative estimate of drug-likeness (QED) is 0.0353. The average molecular weight is 757 g/mol. The molecule has 0 rings (SSSR count). The first-order valence-corrected chi connectivity index (χ1v) is 23.3. The first-order valence-electron chi connectivity index (χ1n) is 23.3. The van der Waals surface area contributed by atoms with Crippen molar-refractivity contribution in [3.63, 3.8) is 0 Å². The first-order chi connectivity index (χ1) is 26.5. The monoisotopic (exact) mass is 757 g/mol. The van der Waals surface area contributed by atoms with E-state index in [-0.39, 0.29) is 6.10 Å². The zero-order valence-corrected chi connectivity index (χ0v) is 36.9. The molecular formula is C49H92N2O3. The van der Waals surface area contributed by atoms with E-state index < -0.39 is 6.16 Å². The Balaban J connectivity index is 4.44. The van der Waals surface area contributed by atoms with Crippen molar-refractivity contribution in [2.24, 2.45) is 0 Å². The highest BCUT2D eigenvalue weighted by atomic mass is 16.7. The van der Waals surface area contributed by atoms with Crippen LogP contribution in [0.2, 0.25) is 0 Å². The molecule has 0 aromatic heterocycles. The fourth-order valence-corrected chi connectivity index (χ4v) is 6.67. The van der Waals surface area contributed by atoms with Crippen molar-refractivity contribution in [1.82, 2.24) is 9.80 Å². The van der Waals surface area contributed by atoms with Crippen LogP contribution in [0.4, 0.5) is 4.79 Å². The van der Waals surface area contributed by atoms with Crippen LogP contribution in [0.3, 0.4) is 0 Å². The van der Waals surface area contributed by atoms with E-state index in [1.807, 2.05) is 0 Å². The zero-order valence-electron chi connectivity index (χ0n) is 36.9. The van der Waals surface area contributed by atoms with E-state index in [1.165, 1.54) is 148 Å². The van der Waals surface area contributed by atoms with Crippen molar-refractivity contribution in [1.29, 1.82) is 0 Å². The molecule has 0 saturated heterocycles. The lowest BCUT2D eigenvalue weighted by Crippen LogP contribution is -2.35. The molecule has 0 aliphatic heterocycles. The van der Waals surface area contributed by atoms with Gasteiger partial charge in [-0.1, -0.05) is 159 Å². The summed E-state index contributed by atoms with van der Waals surface area (Å²) in [6.45, 7) is 11.0. The summed E-state index contributed by atoms with van der Waals surface area (Å²) < 4.78 is 11.6. The molecule has 0 atom stereocenters. The van der Waals surface area contributed by atoms with Gasteiger partial charge in [-0.3, -0.25) is 4.90 Å². The number of likely N-dealkylation sites (N-methyl/N-ethyl adjacent to an activating group) is 1. The summed E-state index contributed by atoms with van der Waals surface area (Å²) in [5, 5.41) is 0. The van der Waals surface area contributed by atoms with Gasteiger partial charge in [0.2, 0.25) is 0 Å². The molecule has 0 aromatic carbocycles. The molecule has 316 valence electrons. The van der Waals surface area contributed by atoms with Gasteiger partial charge in [-0.25, -0.2) is 4.79 Å². The summed E-state index contributed by atoms with van der Waals surface area (Å²) in [5.41, 5.74) is 0. The van der Waals surface area contributed by atoms with Gasteiger partial charge in [-0.05, 0) is 117 Å². The Hall–Kier alpha value is -1.85. The van der Waals surface area contributed by atoms with Crippen molar-refractivity contribution in [2.45, 2.75) is 213 Å². The Labute approximate surface area is 337 Å². The highest BCUT2D eigenvalue weighted by Gasteiger charge is 2.16. The average Bonchev–Trinajstić information content (AvgIpc) is 3.16. The molecule has 54 heavy (non-hydrogen) atoms. The van der Waals surface area contributed by atoms with Crippen molar-refractivity contribution in [2.75, 3.05) is 46.9 Å². The number of hydrogen-bond donors (Lipinski definition) is 0. The summed E-state index contributed by atoms with van der Waals surface area (Å²) in [5.74, 6) is 0. The fraction of sp³-hybridized carbons (Fsp3) is 0.816. The second-order valence-electron chi connectivity index (χ2n) is 15.9. The highest BCUT2D eigenvalue weighted by molar-refractivity contribution is 5.60. The number of nitrogens with zero attached hydrogens (tertiary/aromatic N) is 2. The van der Waals surface area contributed by atoms with Crippen molar-refractivity contribution in [3.05, 3.63) is 48.6 Å². The van der Waals surface area contributed by atoms with Crippen LogP contribution in [-0.4, -0.2) is 68.9 Å². The lowest BCUT2D eigenvalue weighted by atomic mass is 10.0. The number of ether oxygens (including phenoxy) is 2. The number of carbonyl (C=O) groups excluding carboxylic acids is 1. The minimum absolute atomic E-state index is 0.0245. The van der Waals surface area contributed by atoms with Gasteiger partial charge in [0.15, 0.2) is 0 Å². The molecule has 0 heterocycles. The van der Waals surface area contributed by atoms with Gasteiger partial charge in [0.1, 0.15) is 12.7 Å². The van der Waals surface area contributed by atoms with E-state index in [0.717, 1.165) is 64.7 Å². The molecular weight excluding hydrogens is 665 g/mol. The third kappa shape index (κ3) is 41.3. The molecule has 5 heteroatoms. The van der Waals surface area contributed by atoms with E-state index in [1.54, 1.807) is 0 Å². The molecule has 0 aliphatic rings. The van der Waals surface area contributed by atoms with Crippen LogP contribution in [-0.2, 0) is 9.47 Å². The molecule has 0 aromatic rings. The van der Waals surface area contributed by atoms with E-state index in [9.17, 15) is 4.79 Å². The van der Waals surface area contributed by atoms with Crippen molar-refractivity contribution in [3.8, 4) is 0 Å². The molecule has 0 radical (unpaired) electrons. The summed E-state index contributed by atoms with van der Waals surface area (Å²) in [6, 6.07) is 0. The Morgan fingerprint density at radius 3 is 1.31 bits per heavy atom. The third-order valence-corrected chi connectivity index (χ3v) is 10.3. The van der Waals surface area contributed by atoms with E-state index in [4.69, 9.17) is 9.47 Å². The van der Waals surface area contributed by atoms with Gasteiger partial charge in [-0.2, -0.15) is 0 Å². The number of hydrogen-bond acceptors (Lipinski definition) is 5.